The molecule has 1 aromatic rings. The summed E-state index contributed by atoms with van der Waals surface area (Å²) in [7, 11) is 0. The Morgan fingerprint density at radius 2 is 2.58 bits per heavy atom. The third-order valence-corrected chi connectivity index (χ3v) is 3.43. The van der Waals surface area contributed by atoms with Crippen LogP contribution in [0.1, 0.15) is 12.5 Å². The van der Waals surface area contributed by atoms with Crippen LogP contribution in [0.4, 0.5) is 5.82 Å². The fourth-order valence-electron chi connectivity index (χ4n) is 1.30. The van der Waals surface area contributed by atoms with E-state index in [0.717, 1.165) is 5.75 Å². The van der Waals surface area contributed by atoms with Gasteiger partial charge in [0.2, 0.25) is 0 Å². The van der Waals surface area contributed by atoms with Gasteiger partial charge < -0.3 is 5.73 Å². The van der Waals surface area contributed by atoms with Gasteiger partial charge in [-0.2, -0.15) is 16.9 Å². The smallest absolute Gasteiger partial charge is 0.164 e. The molecule has 0 aromatic carbocycles. The van der Waals surface area contributed by atoms with Crippen molar-refractivity contribution in [1.29, 1.82) is 0 Å². The molecular weight excluding hydrogens is 194 g/mol. The van der Waals surface area contributed by atoms with Crippen molar-refractivity contribution in [3.8, 4) is 0 Å². The molecule has 1 unspecified atom stereocenters. The van der Waals surface area contributed by atoms with Crippen molar-refractivity contribution >= 4 is 29.2 Å². The standard InChI is InChI=1S/C7H10ClN3S/c8-6-3-11(10-7(6)9)5-1-2-12-4-5/h3,5H,1-2,4H2,(H2,9,10). The quantitative estimate of drug-likeness (QED) is 0.757. The molecule has 2 rings (SSSR count). The molecule has 1 aromatic heterocycles. The first-order chi connectivity index (χ1) is 5.77. The van der Waals surface area contributed by atoms with Gasteiger partial charge in [-0.3, -0.25) is 4.68 Å². The van der Waals surface area contributed by atoms with Crippen LogP contribution in [0.3, 0.4) is 0 Å². The van der Waals surface area contributed by atoms with Gasteiger partial charge in [-0.05, 0) is 12.2 Å². The van der Waals surface area contributed by atoms with Gasteiger partial charge >= 0.3 is 0 Å². The van der Waals surface area contributed by atoms with Gasteiger partial charge in [0.05, 0.1) is 6.04 Å². The van der Waals surface area contributed by atoms with Gasteiger partial charge in [0, 0.05) is 11.9 Å². The first kappa shape index (κ1) is 8.26. The molecule has 1 aliphatic heterocycles. The number of thioether (sulfide) groups is 1. The minimum Gasteiger partial charge on any atom is -0.381 e. The van der Waals surface area contributed by atoms with Crippen LogP contribution >= 0.6 is 23.4 Å². The lowest BCUT2D eigenvalue weighted by molar-refractivity contribution is 0.503. The molecule has 0 saturated carbocycles. The van der Waals surface area contributed by atoms with E-state index in [9.17, 15) is 0 Å². The molecule has 5 heteroatoms. The highest BCUT2D eigenvalue weighted by atomic mass is 35.5. The number of anilines is 1. The maximum absolute atomic E-state index is 5.79. The van der Waals surface area contributed by atoms with Gasteiger partial charge in [-0.15, -0.1) is 0 Å². The second-order valence-corrected chi connectivity index (χ2v) is 4.42. The molecule has 1 fully saturated rings. The van der Waals surface area contributed by atoms with Crippen LogP contribution in [0.5, 0.6) is 0 Å². The van der Waals surface area contributed by atoms with Gasteiger partial charge in [-0.1, -0.05) is 11.6 Å². The molecule has 0 radical (unpaired) electrons. The van der Waals surface area contributed by atoms with Crippen molar-refractivity contribution in [3.63, 3.8) is 0 Å². The first-order valence-electron chi connectivity index (χ1n) is 3.85. The molecule has 0 bridgehead atoms. The van der Waals surface area contributed by atoms with Crippen LogP contribution in [0, 0.1) is 0 Å². The summed E-state index contributed by atoms with van der Waals surface area (Å²) < 4.78 is 1.89. The van der Waals surface area contributed by atoms with Crippen molar-refractivity contribution in [2.24, 2.45) is 0 Å². The third-order valence-electron chi connectivity index (χ3n) is 1.99. The molecule has 0 amide bonds. The van der Waals surface area contributed by atoms with Crippen LogP contribution < -0.4 is 5.73 Å². The number of halogens is 1. The van der Waals surface area contributed by atoms with Gasteiger partial charge in [-0.25, -0.2) is 0 Å². The number of nitrogens with zero attached hydrogens (tertiary/aromatic N) is 2. The summed E-state index contributed by atoms with van der Waals surface area (Å²) in [5.41, 5.74) is 5.54. The van der Waals surface area contributed by atoms with Crippen LogP contribution in [-0.2, 0) is 0 Å². The zero-order chi connectivity index (χ0) is 8.55. The van der Waals surface area contributed by atoms with E-state index >= 15 is 0 Å². The van der Waals surface area contributed by atoms with Crippen molar-refractivity contribution in [3.05, 3.63) is 11.2 Å². The van der Waals surface area contributed by atoms with Crippen molar-refractivity contribution in [1.82, 2.24) is 9.78 Å². The Hall–Kier alpha value is -0.350. The zero-order valence-corrected chi connectivity index (χ0v) is 8.11. The molecule has 2 heterocycles. The Morgan fingerprint density at radius 3 is 3.08 bits per heavy atom. The third kappa shape index (κ3) is 1.41. The van der Waals surface area contributed by atoms with E-state index in [4.69, 9.17) is 17.3 Å². The minimum atomic E-state index is 0.438. The molecule has 2 N–H and O–H groups in total. The Kier molecular flexibility index (Phi) is 2.19. The van der Waals surface area contributed by atoms with E-state index in [1.165, 1.54) is 12.2 Å². The average Bonchev–Trinajstić information content (AvgIpc) is 2.61. The van der Waals surface area contributed by atoms with Gasteiger partial charge in [0.25, 0.3) is 0 Å². The molecular formula is C7H10ClN3S. The second kappa shape index (κ2) is 3.18. The van der Waals surface area contributed by atoms with E-state index in [1.54, 1.807) is 0 Å². The zero-order valence-electron chi connectivity index (χ0n) is 6.53. The highest BCUT2D eigenvalue weighted by molar-refractivity contribution is 7.99. The Morgan fingerprint density at radius 1 is 1.75 bits per heavy atom. The van der Waals surface area contributed by atoms with Crippen LogP contribution in [0.2, 0.25) is 5.02 Å². The Bertz CT molecular complexity index is 261. The van der Waals surface area contributed by atoms with Gasteiger partial charge in [0.1, 0.15) is 5.02 Å². The van der Waals surface area contributed by atoms with Crippen molar-refractivity contribution in [2.75, 3.05) is 17.2 Å². The number of nitrogens with two attached hydrogens (primary N) is 1. The number of rotatable bonds is 1. The Labute approximate surface area is 80.3 Å². The molecule has 0 spiro atoms. The summed E-state index contributed by atoms with van der Waals surface area (Å²) in [6.07, 6.45) is 2.98. The average molecular weight is 204 g/mol. The molecule has 1 atom stereocenters. The molecule has 1 aliphatic rings. The molecule has 3 nitrogen and oxygen atoms in total. The van der Waals surface area contributed by atoms with E-state index in [1.807, 2.05) is 22.6 Å². The van der Waals surface area contributed by atoms with E-state index < -0.39 is 0 Å². The topological polar surface area (TPSA) is 43.8 Å². The maximum Gasteiger partial charge on any atom is 0.164 e. The fourth-order valence-corrected chi connectivity index (χ4v) is 2.64. The SMILES string of the molecule is Nc1nn(C2CCSC2)cc1Cl. The van der Waals surface area contributed by atoms with Crippen LogP contribution in [-0.4, -0.2) is 21.3 Å². The summed E-state index contributed by atoms with van der Waals surface area (Å²) in [5.74, 6) is 2.77. The summed E-state index contributed by atoms with van der Waals surface area (Å²) in [6, 6.07) is 0.491. The van der Waals surface area contributed by atoms with E-state index in [2.05, 4.69) is 5.10 Å². The summed E-state index contributed by atoms with van der Waals surface area (Å²) in [5, 5.41) is 4.70. The number of aromatic nitrogens is 2. The molecule has 0 aliphatic carbocycles. The minimum absolute atomic E-state index is 0.438. The molecule has 66 valence electrons. The second-order valence-electron chi connectivity index (χ2n) is 2.86. The van der Waals surface area contributed by atoms with Gasteiger partial charge in [0.15, 0.2) is 5.82 Å². The van der Waals surface area contributed by atoms with Crippen molar-refractivity contribution < 1.29 is 0 Å². The highest BCUT2D eigenvalue weighted by Gasteiger charge is 2.18. The number of hydrogen-bond donors (Lipinski definition) is 1. The van der Waals surface area contributed by atoms with Crippen molar-refractivity contribution in [2.45, 2.75) is 12.5 Å². The molecule has 1 saturated heterocycles. The largest absolute Gasteiger partial charge is 0.381 e. The maximum atomic E-state index is 5.79. The monoisotopic (exact) mass is 203 g/mol. The summed E-state index contributed by atoms with van der Waals surface area (Å²) in [6.45, 7) is 0. The summed E-state index contributed by atoms with van der Waals surface area (Å²) in [4.78, 5) is 0. The normalized spacial score (nSPS) is 23.2. The fraction of sp³-hybridized carbons (Fsp3) is 0.571. The molecule has 12 heavy (non-hydrogen) atoms. The lowest BCUT2D eigenvalue weighted by Crippen LogP contribution is -2.08. The number of nitrogen functional groups attached to an aromatic ring is 1. The first-order valence-corrected chi connectivity index (χ1v) is 5.38. The van der Waals surface area contributed by atoms with E-state index in [0.29, 0.717) is 16.9 Å². The summed E-state index contributed by atoms with van der Waals surface area (Å²) >= 11 is 7.74. The number of hydrogen-bond acceptors (Lipinski definition) is 3. The Balaban J connectivity index is 2.21. The highest BCUT2D eigenvalue weighted by Crippen LogP contribution is 2.29. The predicted molar refractivity (Wildman–Crippen MR) is 52.6 cm³/mol. The van der Waals surface area contributed by atoms with Crippen LogP contribution in [0.15, 0.2) is 6.20 Å². The lowest BCUT2D eigenvalue weighted by atomic mass is 10.3. The lowest BCUT2D eigenvalue weighted by Gasteiger charge is -2.06. The van der Waals surface area contributed by atoms with E-state index in [-0.39, 0.29) is 0 Å². The predicted octanol–water partition coefficient (Wildman–Crippen LogP) is 1.80. The van der Waals surface area contributed by atoms with Crippen LogP contribution in [0.25, 0.3) is 0 Å².